The molecule has 9 heteroatoms. The number of nitrogens with one attached hydrogen (secondary N) is 2. The molecule has 0 unspecified atom stereocenters. The van der Waals surface area contributed by atoms with Gasteiger partial charge in [0.1, 0.15) is 12.4 Å². The lowest BCUT2D eigenvalue weighted by atomic mass is 10.0. The number of fused-ring (bicyclic) bond motifs is 1. The summed E-state index contributed by atoms with van der Waals surface area (Å²) < 4.78 is 40.1. The Bertz CT molecular complexity index is 886. The van der Waals surface area contributed by atoms with E-state index in [1.165, 1.54) is 0 Å². The van der Waals surface area contributed by atoms with Gasteiger partial charge in [0.15, 0.2) is 0 Å². The predicted octanol–water partition coefficient (Wildman–Crippen LogP) is 2.85. The maximum absolute atomic E-state index is 13.2. The molecule has 0 saturated heterocycles. The topological polar surface area (TPSA) is 97.0 Å². The fraction of sp³-hybridized carbons (Fsp3) is 0.696. The van der Waals surface area contributed by atoms with Gasteiger partial charge in [-0.25, -0.2) is 8.42 Å². The molecule has 1 saturated carbocycles. The molecular weight excluding hydrogens is 430 g/mol. The first-order valence-corrected chi connectivity index (χ1v) is 13.1. The Morgan fingerprint density at radius 3 is 2.59 bits per heavy atom. The summed E-state index contributed by atoms with van der Waals surface area (Å²) in [6.45, 7) is 5.65. The van der Waals surface area contributed by atoms with E-state index >= 15 is 0 Å². The van der Waals surface area contributed by atoms with Gasteiger partial charge in [-0.3, -0.25) is 9.52 Å². The summed E-state index contributed by atoms with van der Waals surface area (Å²) in [6.07, 6.45) is 4.22. The van der Waals surface area contributed by atoms with Crippen molar-refractivity contribution in [1.82, 2.24) is 10.2 Å². The fourth-order valence-electron chi connectivity index (χ4n) is 4.34. The van der Waals surface area contributed by atoms with E-state index in [0.717, 1.165) is 25.8 Å². The van der Waals surface area contributed by atoms with E-state index in [2.05, 4.69) is 17.0 Å². The van der Waals surface area contributed by atoms with Gasteiger partial charge in [-0.2, -0.15) is 0 Å². The van der Waals surface area contributed by atoms with Gasteiger partial charge in [-0.15, -0.1) is 0 Å². The summed E-state index contributed by atoms with van der Waals surface area (Å²) in [6, 6.07) is 4.95. The van der Waals surface area contributed by atoms with Crippen molar-refractivity contribution in [2.24, 2.45) is 5.92 Å². The van der Waals surface area contributed by atoms with Crippen LogP contribution in [0.15, 0.2) is 18.2 Å². The Kier molecular flexibility index (Phi) is 8.41. The van der Waals surface area contributed by atoms with Gasteiger partial charge >= 0.3 is 0 Å². The molecule has 3 atom stereocenters. The zero-order valence-corrected chi connectivity index (χ0v) is 20.4. The maximum Gasteiger partial charge on any atom is 0.257 e. The van der Waals surface area contributed by atoms with E-state index < -0.39 is 10.0 Å². The summed E-state index contributed by atoms with van der Waals surface area (Å²) in [5.74, 6) is 0.409. The van der Waals surface area contributed by atoms with Gasteiger partial charge < -0.3 is 19.7 Å². The molecule has 1 fully saturated rings. The van der Waals surface area contributed by atoms with Gasteiger partial charge in [0.25, 0.3) is 5.91 Å². The zero-order valence-electron chi connectivity index (χ0n) is 19.6. The number of amides is 1. The first kappa shape index (κ1) is 24.8. The molecule has 1 heterocycles. The third kappa shape index (κ3) is 6.14. The molecule has 2 N–H and O–H groups in total. The molecule has 1 aromatic rings. The van der Waals surface area contributed by atoms with Crippen molar-refractivity contribution in [3.8, 4) is 5.75 Å². The van der Waals surface area contributed by atoms with Crippen molar-refractivity contribution >= 4 is 21.6 Å². The quantitative estimate of drug-likeness (QED) is 0.707. The number of hydrogen-bond acceptors (Lipinski definition) is 6. The van der Waals surface area contributed by atoms with Gasteiger partial charge in [-0.05, 0) is 37.8 Å². The van der Waals surface area contributed by atoms with Crippen molar-refractivity contribution < 1.29 is 22.7 Å². The number of anilines is 1. The number of carbonyl (C=O) groups is 1. The number of rotatable bonds is 4. The highest BCUT2D eigenvalue weighted by molar-refractivity contribution is 7.93. The molecule has 1 aliphatic carbocycles. The van der Waals surface area contributed by atoms with Crippen LogP contribution in [0.25, 0.3) is 0 Å². The van der Waals surface area contributed by atoms with Crippen LogP contribution >= 0.6 is 0 Å². The molecule has 32 heavy (non-hydrogen) atoms. The maximum atomic E-state index is 13.2. The van der Waals surface area contributed by atoms with Crippen LogP contribution in [0.5, 0.6) is 5.75 Å². The van der Waals surface area contributed by atoms with E-state index in [0.29, 0.717) is 43.0 Å². The molecule has 2 aliphatic rings. The Morgan fingerprint density at radius 2 is 1.91 bits per heavy atom. The van der Waals surface area contributed by atoms with Crippen LogP contribution in [-0.2, 0) is 14.8 Å². The molecule has 8 nitrogen and oxygen atoms in total. The van der Waals surface area contributed by atoms with E-state index in [1.54, 1.807) is 37.3 Å². The second-order valence-electron chi connectivity index (χ2n) is 9.18. The number of likely N-dealkylation sites (N-methyl/N-ethyl adjacent to an activating group) is 1. The summed E-state index contributed by atoms with van der Waals surface area (Å²) in [7, 11) is -0.0789. The third-order valence-electron chi connectivity index (χ3n) is 6.48. The van der Waals surface area contributed by atoms with Crippen molar-refractivity contribution in [1.29, 1.82) is 0 Å². The predicted molar refractivity (Wildman–Crippen MR) is 126 cm³/mol. The van der Waals surface area contributed by atoms with E-state index in [-0.39, 0.29) is 29.2 Å². The standard InChI is InChI=1S/C23H37N3O5S/c1-16-13-24-17(2)15-31-21-12-18(25-32(28,29)19-8-6-5-7-9-19)10-11-20(21)23(27)26(3)14-22(16)30-4/h10-12,16-17,19,22,24-25H,5-9,13-15H2,1-4H3/t16-,17-,22+/m1/s1. The van der Waals surface area contributed by atoms with Crippen molar-refractivity contribution in [3.63, 3.8) is 0 Å². The van der Waals surface area contributed by atoms with Crippen LogP contribution in [0.2, 0.25) is 0 Å². The average molecular weight is 468 g/mol. The van der Waals surface area contributed by atoms with Crippen LogP contribution in [-0.4, -0.2) is 70.5 Å². The number of sulfonamides is 1. The van der Waals surface area contributed by atoms with Crippen molar-refractivity contribution in [3.05, 3.63) is 23.8 Å². The largest absolute Gasteiger partial charge is 0.491 e. The average Bonchev–Trinajstić information content (AvgIpc) is 2.78. The monoisotopic (exact) mass is 467 g/mol. The Morgan fingerprint density at radius 1 is 1.19 bits per heavy atom. The molecule has 180 valence electrons. The molecule has 1 amide bonds. The minimum absolute atomic E-state index is 0.0534. The van der Waals surface area contributed by atoms with Gasteiger partial charge in [0.05, 0.1) is 22.6 Å². The van der Waals surface area contributed by atoms with Gasteiger partial charge in [0.2, 0.25) is 10.0 Å². The molecule has 1 aliphatic heterocycles. The SMILES string of the molecule is CO[C@H]1CN(C)C(=O)c2ccc(NS(=O)(=O)C3CCCCC3)cc2OC[C@@H](C)NC[C@H]1C. The van der Waals surface area contributed by atoms with Crippen molar-refractivity contribution in [2.75, 3.05) is 38.6 Å². The van der Waals surface area contributed by atoms with Gasteiger partial charge in [-0.1, -0.05) is 26.2 Å². The van der Waals surface area contributed by atoms with Crippen molar-refractivity contribution in [2.45, 2.75) is 63.3 Å². The van der Waals surface area contributed by atoms with E-state index in [4.69, 9.17) is 9.47 Å². The molecule has 0 spiro atoms. The van der Waals surface area contributed by atoms with E-state index in [1.807, 2.05) is 6.92 Å². The second kappa shape index (κ2) is 10.9. The number of methoxy groups -OCH3 is 1. The molecule has 0 bridgehead atoms. The van der Waals surface area contributed by atoms with Crippen LogP contribution in [0.4, 0.5) is 5.69 Å². The number of hydrogen-bond donors (Lipinski definition) is 2. The Balaban J connectivity index is 1.86. The molecule has 0 aromatic heterocycles. The summed E-state index contributed by atoms with van der Waals surface area (Å²) in [5, 5.41) is 3.08. The minimum atomic E-state index is -3.48. The summed E-state index contributed by atoms with van der Waals surface area (Å²) in [4.78, 5) is 14.8. The normalized spacial score (nSPS) is 26.4. The van der Waals surface area contributed by atoms with Crippen LogP contribution in [0, 0.1) is 5.92 Å². The Labute approximate surface area is 192 Å². The molecular formula is C23H37N3O5S. The highest BCUT2D eigenvalue weighted by atomic mass is 32.2. The van der Waals surface area contributed by atoms with Gasteiger partial charge in [0, 0.05) is 39.4 Å². The van der Waals surface area contributed by atoms with Crippen LogP contribution in [0.3, 0.4) is 0 Å². The fourth-order valence-corrected chi connectivity index (χ4v) is 5.92. The Hall–Kier alpha value is -1.84. The number of nitrogens with zero attached hydrogens (tertiary/aromatic N) is 1. The number of carbonyl (C=O) groups excluding carboxylic acids is 1. The smallest absolute Gasteiger partial charge is 0.257 e. The van der Waals surface area contributed by atoms with Crippen LogP contribution < -0.4 is 14.8 Å². The third-order valence-corrected chi connectivity index (χ3v) is 8.35. The minimum Gasteiger partial charge on any atom is -0.491 e. The lowest BCUT2D eigenvalue weighted by Gasteiger charge is -2.30. The zero-order chi connectivity index (χ0) is 23.3. The second-order valence-corrected chi connectivity index (χ2v) is 11.1. The molecule has 0 radical (unpaired) electrons. The van der Waals surface area contributed by atoms with Crippen LogP contribution in [0.1, 0.15) is 56.3 Å². The van der Waals surface area contributed by atoms with E-state index in [9.17, 15) is 13.2 Å². The molecule has 3 rings (SSSR count). The molecule has 1 aromatic carbocycles. The summed E-state index contributed by atoms with van der Waals surface area (Å²) >= 11 is 0. The lowest BCUT2D eigenvalue weighted by Crippen LogP contribution is -2.44. The highest BCUT2D eigenvalue weighted by Gasteiger charge is 2.29. The summed E-state index contributed by atoms with van der Waals surface area (Å²) in [5.41, 5.74) is 0.823. The highest BCUT2D eigenvalue weighted by Crippen LogP contribution is 2.29. The first-order chi connectivity index (χ1) is 15.2. The lowest BCUT2D eigenvalue weighted by molar-refractivity contribution is 0.0281. The first-order valence-electron chi connectivity index (χ1n) is 11.5. The number of benzene rings is 1. The number of ether oxygens (including phenoxy) is 2.